The van der Waals surface area contributed by atoms with Gasteiger partial charge in [-0.3, -0.25) is 4.79 Å². The van der Waals surface area contributed by atoms with E-state index in [9.17, 15) is 4.79 Å². The molecule has 3 atom stereocenters. The summed E-state index contributed by atoms with van der Waals surface area (Å²) in [5.41, 5.74) is 7.42. The highest BCUT2D eigenvalue weighted by Gasteiger charge is 2.26. The molecule has 1 fully saturated rings. The first kappa shape index (κ1) is 16.8. The van der Waals surface area contributed by atoms with Crippen molar-refractivity contribution in [3.8, 4) is 0 Å². The van der Waals surface area contributed by atoms with E-state index in [1.54, 1.807) is 0 Å². The Hall–Kier alpha value is -0.530. The predicted octanol–water partition coefficient (Wildman–Crippen LogP) is 2.72. The number of rotatable bonds is 6. The Balaban J connectivity index is 1.70. The molecule has 0 amide bonds. The average Bonchev–Trinajstić information content (AvgIpc) is 2.54. The maximum absolute atomic E-state index is 11.7. The first-order valence-electron chi connectivity index (χ1n) is 7.40. The zero-order valence-corrected chi connectivity index (χ0v) is 14.4. The smallest absolute Gasteiger partial charge is 0.311 e. The van der Waals surface area contributed by atoms with E-state index in [0.29, 0.717) is 0 Å². The van der Waals surface area contributed by atoms with Crippen molar-refractivity contribution < 1.29 is 9.32 Å². The summed E-state index contributed by atoms with van der Waals surface area (Å²) in [5.74, 6) is 0.0427. The van der Waals surface area contributed by atoms with Gasteiger partial charge in [0.2, 0.25) is 0 Å². The van der Waals surface area contributed by atoms with Crippen LogP contribution in [0, 0.1) is 5.92 Å². The molecule has 0 saturated carbocycles. The van der Waals surface area contributed by atoms with Crippen LogP contribution in [0.1, 0.15) is 30.9 Å². The molecule has 0 spiro atoms. The van der Waals surface area contributed by atoms with Gasteiger partial charge in [-0.05, 0) is 44.5 Å². The highest BCUT2D eigenvalue weighted by Crippen LogP contribution is 2.27. The Kier molecular flexibility index (Phi) is 7.06. The first-order valence-corrected chi connectivity index (χ1v) is 10.1. The van der Waals surface area contributed by atoms with Crippen molar-refractivity contribution in [1.82, 2.24) is 4.90 Å². The summed E-state index contributed by atoms with van der Waals surface area (Å²) in [6, 6.07) is 10.3. The van der Waals surface area contributed by atoms with Crippen LogP contribution in [-0.2, 0) is 9.32 Å². The predicted molar refractivity (Wildman–Crippen MR) is 91.3 cm³/mol. The minimum atomic E-state index is -0.0380. The minimum Gasteiger partial charge on any atom is -0.444 e. The van der Waals surface area contributed by atoms with E-state index in [2.05, 4.69) is 26.0 Å². The van der Waals surface area contributed by atoms with Crippen LogP contribution in [0.25, 0.3) is 0 Å². The van der Waals surface area contributed by atoms with Gasteiger partial charge in [-0.25, -0.2) is 0 Å². The van der Waals surface area contributed by atoms with Gasteiger partial charge >= 0.3 is 5.97 Å². The molecule has 1 heterocycles. The molecule has 1 aromatic carbocycles. The SMILES string of the molecule is NC(CCN1CCC(C(=O)OPP)CC1)c1ccccc1. The van der Waals surface area contributed by atoms with Crippen LogP contribution in [0.2, 0.25) is 0 Å². The second-order valence-electron chi connectivity index (χ2n) is 5.46. The number of hydrogen-bond donors (Lipinski definition) is 1. The third kappa shape index (κ3) is 5.30. The maximum Gasteiger partial charge on any atom is 0.311 e. The van der Waals surface area contributed by atoms with Crippen LogP contribution >= 0.6 is 17.4 Å². The summed E-state index contributed by atoms with van der Waals surface area (Å²) in [6.45, 7) is 2.91. The highest BCUT2D eigenvalue weighted by molar-refractivity contribution is 8.00. The van der Waals surface area contributed by atoms with Crippen molar-refractivity contribution >= 4 is 23.4 Å². The van der Waals surface area contributed by atoms with Crippen molar-refractivity contribution in [2.45, 2.75) is 25.3 Å². The van der Waals surface area contributed by atoms with E-state index < -0.39 is 0 Å². The largest absolute Gasteiger partial charge is 0.444 e. The van der Waals surface area contributed by atoms with Crippen LogP contribution < -0.4 is 5.73 Å². The molecule has 2 rings (SSSR count). The van der Waals surface area contributed by atoms with E-state index in [0.717, 1.165) is 38.9 Å². The molecule has 4 nitrogen and oxygen atoms in total. The molecule has 1 aliphatic rings. The quantitative estimate of drug-likeness (QED) is 0.817. The number of piperidine rings is 1. The highest BCUT2D eigenvalue weighted by atomic mass is 32.0. The van der Waals surface area contributed by atoms with E-state index >= 15 is 0 Å². The molecule has 2 N–H and O–H groups in total. The molecule has 0 aromatic heterocycles. The van der Waals surface area contributed by atoms with Crippen molar-refractivity contribution in [1.29, 1.82) is 0 Å². The summed E-state index contributed by atoms with van der Waals surface area (Å²) in [6.07, 6.45) is 2.75. The number of nitrogens with two attached hydrogens (primary N) is 1. The fourth-order valence-electron chi connectivity index (χ4n) is 2.72. The second-order valence-corrected chi connectivity index (χ2v) is 6.61. The third-order valence-electron chi connectivity index (χ3n) is 4.06. The van der Waals surface area contributed by atoms with Crippen LogP contribution in [0.15, 0.2) is 30.3 Å². The molecule has 3 unspecified atom stereocenters. The second kappa shape index (κ2) is 8.80. The van der Waals surface area contributed by atoms with Gasteiger partial charge in [0, 0.05) is 6.04 Å². The molecule has 116 valence electrons. The molecule has 0 radical (unpaired) electrons. The van der Waals surface area contributed by atoms with Crippen LogP contribution in [-0.4, -0.2) is 30.5 Å². The van der Waals surface area contributed by atoms with Gasteiger partial charge in [-0.15, -0.1) is 0 Å². The van der Waals surface area contributed by atoms with E-state index in [-0.39, 0.29) is 26.4 Å². The Bertz CT molecular complexity index is 437. The lowest BCUT2D eigenvalue weighted by molar-refractivity contribution is -0.139. The Labute approximate surface area is 130 Å². The van der Waals surface area contributed by atoms with Crippen LogP contribution in [0.3, 0.4) is 0 Å². The molecule has 1 saturated heterocycles. The Morgan fingerprint density at radius 3 is 2.67 bits per heavy atom. The zero-order valence-electron chi connectivity index (χ0n) is 12.2. The van der Waals surface area contributed by atoms with Crippen molar-refractivity contribution in [2.75, 3.05) is 19.6 Å². The molecule has 1 aromatic rings. The van der Waals surface area contributed by atoms with Crippen LogP contribution in [0.5, 0.6) is 0 Å². The fourth-order valence-corrected chi connectivity index (χ4v) is 3.35. The topological polar surface area (TPSA) is 55.6 Å². The standard InChI is InChI=1S/C15H24N2O2P2/c16-14(12-4-2-1-3-5-12)8-11-17-9-6-13(7-10-17)15(18)19-21-20/h1-5,13-14,21H,6-11,16,20H2. The molecular weight excluding hydrogens is 302 g/mol. The van der Waals surface area contributed by atoms with E-state index in [1.165, 1.54) is 5.56 Å². The number of carbonyl (C=O) groups is 1. The molecular formula is C15H24N2O2P2. The number of nitrogens with zero attached hydrogens (tertiary/aromatic N) is 1. The maximum atomic E-state index is 11.7. The van der Waals surface area contributed by atoms with Crippen molar-refractivity contribution in [2.24, 2.45) is 11.7 Å². The van der Waals surface area contributed by atoms with Crippen molar-refractivity contribution in [3.63, 3.8) is 0 Å². The third-order valence-corrected chi connectivity index (χ3v) is 4.74. The lowest BCUT2D eigenvalue weighted by atomic mass is 9.96. The lowest BCUT2D eigenvalue weighted by Gasteiger charge is -2.31. The summed E-state index contributed by atoms with van der Waals surface area (Å²) in [5, 5.41) is 0. The summed E-state index contributed by atoms with van der Waals surface area (Å²) >= 11 is 0. The van der Waals surface area contributed by atoms with Gasteiger partial charge in [-0.2, -0.15) is 0 Å². The molecule has 6 heteroatoms. The number of benzene rings is 1. The lowest BCUT2D eigenvalue weighted by Crippen LogP contribution is -2.37. The molecule has 0 aliphatic carbocycles. The zero-order chi connectivity index (χ0) is 15.1. The van der Waals surface area contributed by atoms with E-state index in [1.807, 2.05) is 18.2 Å². The average molecular weight is 326 g/mol. The summed E-state index contributed by atoms with van der Waals surface area (Å²) in [7, 11) is 2.62. The molecule has 1 aliphatic heterocycles. The number of likely N-dealkylation sites (tertiary alicyclic amines) is 1. The minimum absolute atomic E-state index is 0.0380. The monoisotopic (exact) mass is 326 g/mol. The van der Waals surface area contributed by atoms with Crippen molar-refractivity contribution in [3.05, 3.63) is 35.9 Å². The summed E-state index contributed by atoms with van der Waals surface area (Å²) in [4.78, 5) is 14.1. The van der Waals surface area contributed by atoms with Gasteiger partial charge in [0.25, 0.3) is 0 Å². The van der Waals surface area contributed by atoms with Gasteiger partial charge in [0.05, 0.1) is 14.4 Å². The Morgan fingerprint density at radius 1 is 1.38 bits per heavy atom. The fraction of sp³-hybridized carbons (Fsp3) is 0.533. The van der Waals surface area contributed by atoms with Gasteiger partial charge in [0.15, 0.2) is 0 Å². The Morgan fingerprint density at radius 2 is 2.05 bits per heavy atom. The number of carbonyl (C=O) groups excluding carboxylic acids is 1. The number of hydrogen-bond acceptors (Lipinski definition) is 4. The molecule has 21 heavy (non-hydrogen) atoms. The van der Waals surface area contributed by atoms with Gasteiger partial charge in [0.1, 0.15) is 0 Å². The first-order chi connectivity index (χ1) is 10.2. The van der Waals surface area contributed by atoms with Gasteiger partial charge < -0.3 is 15.2 Å². The molecule has 0 bridgehead atoms. The summed E-state index contributed by atoms with van der Waals surface area (Å²) < 4.78 is 5.09. The van der Waals surface area contributed by atoms with Gasteiger partial charge in [-0.1, -0.05) is 39.3 Å². The van der Waals surface area contributed by atoms with Crippen LogP contribution in [0.4, 0.5) is 0 Å². The van der Waals surface area contributed by atoms with E-state index in [4.69, 9.17) is 10.3 Å². The normalized spacial score (nSPS) is 19.0.